The topological polar surface area (TPSA) is 127 Å². The molecule has 1 aliphatic carbocycles. The Hall–Kier alpha value is -3.06. The number of amides is 1. The second-order valence-electron chi connectivity index (χ2n) is 12.6. The highest BCUT2D eigenvalue weighted by atomic mass is 32.2. The number of hydrogen-bond acceptors (Lipinski definition) is 5. The van der Waals surface area contributed by atoms with Gasteiger partial charge in [0.25, 0.3) is 5.91 Å². The lowest BCUT2D eigenvalue weighted by molar-refractivity contribution is -0.275. The molecule has 3 N–H and O–H groups in total. The number of aromatic nitrogens is 1. The fourth-order valence-corrected chi connectivity index (χ4v) is 6.53. The minimum absolute atomic E-state index is 0.138. The number of nitrogens with zero attached hydrogens (tertiary/aromatic N) is 1. The zero-order valence-electron chi connectivity index (χ0n) is 24.8. The van der Waals surface area contributed by atoms with Crippen molar-refractivity contribution in [1.82, 2.24) is 14.6 Å². The molecule has 234 valence electrons. The maximum Gasteiger partial charge on any atom is 0.573 e. The Labute approximate surface area is 244 Å². The van der Waals surface area contributed by atoms with Crippen molar-refractivity contribution in [3.05, 3.63) is 35.5 Å². The second kappa shape index (κ2) is 12.3. The SMILES string of the molecule is Cc1c(C(=O)NCC(C)(C)C(=O)O)cc(-c2ccc(S(=O)(=O)NC(C)(C)C)c(OC(F)(F)F)c2)n1CC1CCCCC1. The van der Waals surface area contributed by atoms with E-state index in [9.17, 15) is 36.3 Å². The molecular formula is C29H40F3N3O6S. The van der Waals surface area contributed by atoms with Crippen LogP contribution in [0.4, 0.5) is 13.2 Å². The lowest BCUT2D eigenvalue weighted by Gasteiger charge is -2.25. The van der Waals surface area contributed by atoms with E-state index in [1.165, 1.54) is 26.0 Å². The minimum Gasteiger partial charge on any atom is -0.481 e. The third-order valence-corrected chi connectivity index (χ3v) is 9.04. The van der Waals surface area contributed by atoms with E-state index >= 15 is 0 Å². The fourth-order valence-electron chi connectivity index (χ4n) is 5.00. The number of halogens is 3. The lowest BCUT2D eigenvalue weighted by atomic mass is 9.89. The molecule has 13 heteroatoms. The molecule has 2 aromatic rings. The molecule has 0 aliphatic heterocycles. The molecule has 0 bridgehead atoms. The smallest absolute Gasteiger partial charge is 0.481 e. The predicted octanol–water partition coefficient (Wildman–Crippen LogP) is 5.86. The quantitative estimate of drug-likeness (QED) is 0.307. The number of carbonyl (C=O) groups is 2. The summed E-state index contributed by atoms with van der Waals surface area (Å²) in [6.45, 7) is 9.75. The molecule has 0 saturated heterocycles. The summed E-state index contributed by atoms with van der Waals surface area (Å²) in [5.74, 6) is -2.21. The van der Waals surface area contributed by atoms with Gasteiger partial charge in [0.15, 0.2) is 0 Å². The molecule has 0 atom stereocenters. The molecular weight excluding hydrogens is 575 g/mol. The van der Waals surface area contributed by atoms with Crippen molar-refractivity contribution < 1.29 is 41.0 Å². The van der Waals surface area contributed by atoms with E-state index in [0.29, 0.717) is 17.9 Å². The maximum absolute atomic E-state index is 13.4. The summed E-state index contributed by atoms with van der Waals surface area (Å²) in [4.78, 5) is 24.1. The first kappa shape index (κ1) is 33.4. The number of nitrogens with one attached hydrogen (secondary N) is 2. The molecule has 1 fully saturated rings. The van der Waals surface area contributed by atoms with Crippen molar-refractivity contribution in [3.8, 4) is 17.0 Å². The first-order valence-corrected chi connectivity index (χ1v) is 15.3. The zero-order chi connectivity index (χ0) is 31.7. The van der Waals surface area contributed by atoms with E-state index in [4.69, 9.17) is 0 Å². The van der Waals surface area contributed by atoms with Gasteiger partial charge in [-0.15, -0.1) is 13.2 Å². The average molecular weight is 616 g/mol. The second-order valence-corrected chi connectivity index (χ2v) is 14.2. The van der Waals surface area contributed by atoms with E-state index < -0.39 is 49.9 Å². The minimum atomic E-state index is -5.16. The summed E-state index contributed by atoms with van der Waals surface area (Å²) >= 11 is 0. The van der Waals surface area contributed by atoms with Crippen LogP contribution < -0.4 is 14.8 Å². The van der Waals surface area contributed by atoms with Crippen LogP contribution in [-0.2, 0) is 21.4 Å². The summed E-state index contributed by atoms with van der Waals surface area (Å²) in [5, 5.41) is 12.1. The van der Waals surface area contributed by atoms with E-state index in [1.54, 1.807) is 27.7 Å². The monoisotopic (exact) mass is 615 g/mol. The molecule has 1 heterocycles. The normalized spacial score (nSPS) is 15.5. The summed E-state index contributed by atoms with van der Waals surface area (Å²) in [7, 11) is -4.39. The van der Waals surface area contributed by atoms with Crippen LogP contribution in [0.2, 0.25) is 0 Å². The van der Waals surface area contributed by atoms with Crippen molar-refractivity contribution in [2.75, 3.05) is 6.54 Å². The Morgan fingerprint density at radius 2 is 1.67 bits per heavy atom. The highest BCUT2D eigenvalue weighted by Gasteiger charge is 2.36. The van der Waals surface area contributed by atoms with Crippen LogP contribution in [0.1, 0.15) is 82.8 Å². The number of benzene rings is 1. The van der Waals surface area contributed by atoms with Crippen LogP contribution in [0, 0.1) is 18.3 Å². The van der Waals surface area contributed by atoms with Crippen LogP contribution in [0.3, 0.4) is 0 Å². The maximum atomic E-state index is 13.4. The number of hydrogen-bond donors (Lipinski definition) is 3. The molecule has 1 amide bonds. The Morgan fingerprint density at radius 3 is 2.21 bits per heavy atom. The van der Waals surface area contributed by atoms with Gasteiger partial charge in [-0.3, -0.25) is 9.59 Å². The van der Waals surface area contributed by atoms with Crippen LogP contribution >= 0.6 is 0 Å². The Bertz CT molecular complexity index is 1420. The number of carboxylic acid groups (broad SMARTS) is 1. The van der Waals surface area contributed by atoms with Gasteiger partial charge < -0.3 is 19.7 Å². The summed E-state index contributed by atoms with van der Waals surface area (Å²) < 4.78 is 74.8. The third-order valence-electron chi connectivity index (χ3n) is 7.24. The summed E-state index contributed by atoms with van der Waals surface area (Å²) in [6.07, 6.45) is -0.0129. The number of carbonyl (C=O) groups excluding carboxylic acids is 1. The number of ether oxygens (including phenoxy) is 1. The number of aliphatic carboxylic acids is 1. The fraction of sp³-hybridized carbons (Fsp3) is 0.586. The number of carboxylic acids is 1. The van der Waals surface area contributed by atoms with Gasteiger partial charge in [0.2, 0.25) is 10.0 Å². The van der Waals surface area contributed by atoms with Gasteiger partial charge in [0.05, 0.1) is 11.0 Å². The van der Waals surface area contributed by atoms with Crippen molar-refractivity contribution in [2.45, 2.75) is 97.0 Å². The van der Waals surface area contributed by atoms with Crippen molar-refractivity contribution >= 4 is 21.9 Å². The average Bonchev–Trinajstić information content (AvgIpc) is 3.16. The van der Waals surface area contributed by atoms with Gasteiger partial charge in [-0.05, 0) is 78.5 Å². The highest BCUT2D eigenvalue weighted by molar-refractivity contribution is 7.89. The van der Waals surface area contributed by atoms with E-state index in [-0.39, 0.29) is 23.6 Å². The highest BCUT2D eigenvalue weighted by Crippen LogP contribution is 2.37. The van der Waals surface area contributed by atoms with E-state index in [2.05, 4.69) is 14.8 Å². The number of sulfonamides is 1. The summed E-state index contributed by atoms with van der Waals surface area (Å²) in [6, 6.07) is 5.01. The molecule has 3 rings (SSSR count). The molecule has 1 saturated carbocycles. The van der Waals surface area contributed by atoms with Gasteiger partial charge in [0, 0.05) is 35.6 Å². The van der Waals surface area contributed by atoms with E-state index in [0.717, 1.165) is 44.2 Å². The largest absolute Gasteiger partial charge is 0.573 e. The molecule has 0 spiro atoms. The van der Waals surface area contributed by atoms with Gasteiger partial charge in [-0.25, -0.2) is 13.1 Å². The van der Waals surface area contributed by atoms with Crippen LogP contribution in [0.15, 0.2) is 29.2 Å². The molecule has 9 nitrogen and oxygen atoms in total. The van der Waals surface area contributed by atoms with Gasteiger partial charge in [0.1, 0.15) is 10.6 Å². The molecule has 0 radical (unpaired) electrons. The van der Waals surface area contributed by atoms with Crippen molar-refractivity contribution in [3.63, 3.8) is 0 Å². The standard InChI is InChI=1S/C29H40F3N3O6S/c1-18-21(25(36)33-17-28(5,6)26(37)38)15-22(35(18)16-19-10-8-7-9-11-19)20-12-13-24(23(14-20)41-29(30,31)32)42(39,40)34-27(2,3)4/h12-15,19,34H,7-11,16-17H2,1-6H3,(H,33,36)(H,37,38). The van der Waals surface area contributed by atoms with Gasteiger partial charge in [-0.2, -0.15) is 0 Å². The lowest BCUT2D eigenvalue weighted by Crippen LogP contribution is -2.40. The van der Waals surface area contributed by atoms with Gasteiger partial charge >= 0.3 is 12.3 Å². The van der Waals surface area contributed by atoms with Crippen LogP contribution in [0.25, 0.3) is 11.3 Å². The predicted molar refractivity (Wildman–Crippen MR) is 152 cm³/mol. The Kier molecular flexibility index (Phi) is 9.77. The molecule has 0 unspecified atom stereocenters. The first-order chi connectivity index (χ1) is 19.2. The van der Waals surface area contributed by atoms with E-state index in [1.807, 2.05) is 4.57 Å². The molecule has 1 aromatic carbocycles. The van der Waals surface area contributed by atoms with Gasteiger partial charge in [-0.1, -0.05) is 25.3 Å². The molecule has 42 heavy (non-hydrogen) atoms. The van der Waals surface area contributed by atoms with Crippen molar-refractivity contribution in [1.29, 1.82) is 0 Å². The zero-order valence-corrected chi connectivity index (χ0v) is 25.6. The van der Waals surface area contributed by atoms with Crippen molar-refractivity contribution in [2.24, 2.45) is 11.3 Å². The third kappa shape index (κ3) is 8.50. The number of rotatable bonds is 10. The van der Waals surface area contributed by atoms with Crippen LogP contribution in [0.5, 0.6) is 5.75 Å². The molecule has 1 aromatic heterocycles. The summed E-state index contributed by atoms with van der Waals surface area (Å²) in [5.41, 5.74) is -0.732. The molecule has 1 aliphatic rings. The Morgan fingerprint density at radius 1 is 1.05 bits per heavy atom. The Balaban J connectivity index is 2.13. The number of alkyl halides is 3. The van der Waals surface area contributed by atoms with Crippen LogP contribution in [-0.4, -0.2) is 48.4 Å². The first-order valence-electron chi connectivity index (χ1n) is 13.9.